The Labute approximate surface area is 232 Å². The van der Waals surface area contributed by atoms with Gasteiger partial charge in [-0.1, -0.05) is 49.9 Å². The van der Waals surface area contributed by atoms with Crippen molar-refractivity contribution < 1.29 is 14.3 Å². The van der Waals surface area contributed by atoms with Gasteiger partial charge in [0.25, 0.3) is 0 Å². The summed E-state index contributed by atoms with van der Waals surface area (Å²) in [6.07, 6.45) is 10.1. The summed E-state index contributed by atoms with van der Waals surface area (Å²) < 4.78 is 14.2. The van der Waals surface area contributed by atoms with Crippen LogP contribution in [-0.4, -0.2) is 59.6 Å². The second-order valence-electron chi connectivity index (χ2n) is 12.2. The van der Waals surface area contributed by atoms with Crippen molar-refractivity contribution in [2.24, 2.45) is 17.8 Å². The van der Waals surface area contributed by atoms with Gasteiger partial charge in [0.05, 0.1) is 11.6 Å². The number of nitriles is 1. The lowest BCUT2D eigenvalue weighted by molar-refractivity contribution is -0.144. The Kier molecular flexibility index (Phi) is 9.32. The number of carboxylic acid groups (broad SMARTS) is 1. The molecule has 5 nitrogen and oxygen atoms in total. The Morgan fingerprint density at radius 2 is 1.82 bits per heavy atom. The zero-order valence-electron chi connectivity index (χ0n) is 23.0. The van der Waals surface area contributed by atoms with Crippen molar-refractivity contribution in [1.82, 2.24) is 9.80 Å². The van der Waals surface area contributed by atoms with Gasteiger partial charge in [0.1, 0.15) is 11.9 Å². The lowest BCUT2D eigenvalue weighted by Crippen LogP contribution is -2.43. The highest BCUT2D eigenvalue weighted by Gasteiger charge is 2.41. The quantitative estimate of drug-likeness (QED) is 0.380. The maximum absolute atomic E-state index is 14.2. The normalized spacial score (nSPS) is 23.8. The molecule has 0 bridgehead atoms. The number of aliphatic carboxylic acids is 1. The minimum atomic E-state index is -0.706. The number of benzene rings is 2. The van der Waals surface area contributed by atoms with Crippen molar-refractivity contribution in [3.8, 4) is 6.07 Å². The minimum absolute atomic E-state index is 0.161. The summed E-state index contributed by atoms with van der Waals surface area (Å²) in [5.74, 6) is 0.835. The summed E-state index contributed by atoms with van der Waals surface area (Å²) in [6, 6.07) is 16.7. The van der Waals surface area contributed by atoms with Crippen molar-refractivity contribution in [2.45, 2.75) is 69.7 Å². The number of hydrogen-bond donors (Lipinski definition) is 1. The van der Waals surface area contributed by atoms with Gasteiger partial charge in [-0.25, -0.2) is 4.39 Å². The zero-order valence-corrected chi connectivity index (χ0v) is 23.0. The maximum atomic E-state index is 14.2. The lowest BCUT2D eigenvalue weighted by atomic mass is 9.80. The number of piperidine rings is 1. The van der Waals surface area contributed by atoms with E-state index in [0.717, 1.165) is 63.3 Å². The third-order valence-corrected chi connectivity index (χ3v) is 9.61. The van der Waals surface area contributed by atoms with Crippen LogP contribution in [0.4, 0.5) is 4.39 Å². The minimum Gasteiger partial charge on any atom is -0.480 e. The number of nitrogens with zero attached hydrogens (tertiary/aromatic N) is 3. The number of rotatable bonds is 11. The second-order valence-corrected chi connectivity index (χ2v) is 12.2. The van der Waals surface area contributed by atoms with E-state index in [0.29, 0.717) is 23.9 Å². The van der Waals surface area contributed by atoms with E-state index in [1.54, 1.807) is 12.1 Å². The van der Waals surface area contributed by atoms with Crippen LogP contribution in [0.5, 0.6) is 0 Å². The third-order valence-electron chi connectivity index (χ3n) is 9.61. The first kappa shape index (κ1) is 27.8. The van der Waals surface area contributed by atoms with E-state index in [-0.39, 0.29) is 11.7 Å². The van der Waals surface area contributed by atoms with Crippen LogP contribution in [0.1, 0.15) is 74.0 Å². The molecule has 1 saturated carbocycles. The average Bonchev–Trinajstić information content (AvgIpc) is 3.32. The highest BCUT2D eigenvalue weighted by atomic mass is 19.1. The van der Waals surface area contributed by atoms with Gasteiger partial charge in [0.2, 0.25) is 0 Å². The molecule has 1 aliphatic carbocycles. The number of carboxylic acids is 1. The van der Waals surface area contributed by atoms with Gasteiger partial charge >= 0.3 is 5.97 Å². The van der Waals surface area contributed by atoms with Gasteiger partial charge in [0, 0.05) is 25.6 Å². The third kappa shape index (κ3) is 7.26. The topological polar surface area (TPSA) is 67.6 Å². The molecule has 2 aromatic rings. The molecule has 208 valence electrons. The van der Waals surface area contributed by atoms with Gasteiger partial charge < -0.3 is 10.0 Å². The van der Waals surface area contributed by atoms with Crippen LogP contribution in [-0.2, 0) is 11.2 Å². The number of halogens is 1. The van der Waals surface area contributed by atoms with E-state index in [1.165, 1.54) is 43.7 Å². The Hall–Kier alpha value is -2.75. The number of carbonyl (C=O) groups is 1. The predicted molar refractivity (Wildman–Crippen MR) is 151 cm³/mol. The first-order chi connectivity index (χ1) is 19.0. The summed E-state index contributed by atoms with van der Waals surface area (Å²) in [7, 11) is 0. The van der Waals surface area contributed by atoms with Gasteiger partial charge in [-0.05, 0) is 98.3 Å². The molecule has 3 atom stereocenters. The molecule has 3 aliphatic rings. The van der Waals surface area contributed by atoms with Crippen molar-refractivity contribution in [3.05, 3.63) is 71.0 Å². The van der Waals surface area contributed by atoms with E-state index < -0.39 is 12.0 Å². The molecule has 5 rings (SSSR count). The molecule has 2 saturated heterocycles. The molecule has 1 N–H and O–H groups in total. The molecule has 6 heteroatoms. The highest BCUT2D eigenvalue weighted by Crippen LogP contribution is 2.38. The molecular formula is C33H42FN3O2. The monoisotopic (exact) mass is 531 g/mol. The number of hydrogen-bond acceptors (Lipinski definition) is 4. The van der Waals surface area contributed by atoms with Crippen molar-refractivity contribution in [1.29, 1.82) is 5.26 Å². The van der Waals surface area contributed by atoms with Crippen molar-refractivity contribution in [3.63, 3.8) is 0 Å². The molecule has 0 amide bonds. The first-order valence-electron chi connectivity index (χ1n) is 14.9. The molecule has 0 radical (unpaired) electrons. The Bertz CT molecular complexity index is 1130. The predicted octanol–water partition coefficient (Wildman–Crippen LogP) is 6.09. The summed E-state index contributed by atoms with van der Waals surface area (Å²) >= 11 is 0. The summed E-state index contributed by atoms with van der Waals surface area (Å²) in [6.45, 7) is 4.58. The van der Waals surface area contributed by atoms with Gasteiger partial charge in [0.15, 0.2) is 0 Å². The molecule has 2 heterocycles. The second kappa shape index (κ2) is 13.1. The van der Waals surface area contributed by atoms with Crippen LogP contribution in [0.2, 0.25) is 0 Å². The van der Waals surface area contributed by atoms with E-state index in [1.807, 2.05) is 18.2 Å². The van der Waals surface area contributed by atoms with Crippen molar-refractivity contribution in [2.75, 3.05) is 32.7 Å². The fourth-order valence-electron chi connectivity index (χ4n) is 7.04. The summed E-state index contributed by atoms with van der Waals surface area (Å²) in [4.78, 5) is 17.0. The summed E-state index contributed by atoms with van der Waals surface area (Å²) in [5.41, 5.74) is 3.03. The van der Waals surface area contributed by atoms with E-state index in [2.05, 4.69) is 28.0 Å². The summed E-state index contributed by atoms with van der Waals surface area (Å²) in [5, 5.41) is 19.1. The van der Waals surface area contributed by atoms with Crippen LogP contribution in [0.3, 0.4) is 0 Å². The van der Waals surface area contributed by atoms with E-state index in [4.69, 9.17) is 5.26 Å². The molecule has 2 unspecified atom stereocenters. The van der Waals surface area contributed by atoms with Gasteiger partial charge in [-0.15, -0.1) is 0 Å². The Balaban J connectivity index is 1.15. The maximum Gasteiger partial charge on any atom is 0.320 e. The van der Waals surface area contributed by atoms with Crippen LogP contribution >= 0.6 is 0 Å². The Morgan fingerprint density at radius 1 is 1.05 bits per heavy atom. The molecule has 2 aromatic carbocycles. The van der Waals surface area contributed by atoms with E-state index in [9.17, 15) is 14.3 Å². The van der Waals surface area contributed by atoms with Crippen LogP contribution in [0.15, 0.2) is 48.5 Å². The number of aryl methyl sites for hydroxylation is 1. The smallest absolute Gasteiger partial charge is 0.320 e. The fraction of sp³-hybridized carbons (Fsp3) is 0.576. The molecular weight excluding hydrogens is 489 g/mol. The molecule has 3 fully saturated rings. The van der Waals surface area contributed by atoms with Crippen LogP contribution < -0.4 is 0 Å². The molecule has 0 aromatic heterocycles. The standard InChI is InChI=1S/C33H42FN3O2/c34-30-9-3-8-28(19-30)31-23-37(32(33(38)39)18-26-6-2-7-26)22-29(31)21-36-16-14-25(15-17-36)5-1-4-24-10-12-27(20-35)13-11-24/h3,8-13,19,25-26,29,31-32H,1-2,4-7,14-18,21-23H2,(H,38,39)/t29?,31?,32-/m1/s1. The SMILES string of the molecule is N#Cc1ccc(CCCC2CCN(CC3CN([C@H](CC4CCC4)C(=O)O)CC3c3cccc(F)c3)CC2)cc1. The van der Waals surface area contributed by atoms with Crippen LogP contribution in [0, 0.1) is 34.9 Å². The number of likely N-dealkylation sites (tertiary alicyclic amines) is 2. The van der Waals surface area contributed by atoms with Gasteiger partial charge in [-0.3, -0.25) is 9.69 Å². The fourth-order valence-corrected chi connectivity index (χ4v) is 7.04. The van der Waals surface area contributed by atoms with E-state index >= 15 is 0 Å². The molecule has 39 heavy (non-hydrogen) atoms. The van der Waals surface area contributed by atoms with Crippen LogP contribution in [0.25, 0.3) is 0 Å². The average molecular weight is 532 g/mol. The first-order valence-corrected chi connectivity index (χ1v) is 14.9. The molecule has 0 spiro atoms. The lowest BCUT2D eigenvalue weighted by Gasteiger charge is -2.35. The largest absolute Gasteiger partial charge is 0.480 e. The highest BCUT2D eigenvalue weighted by molar-refractivity contribution is 5.73. The molecule has 2 aliphatic heterocycles. The Morgan fingerprint density at radius 3 is 2.46 bits per heavy atom. The van der Waals surface area contributed by atoms with Crippen molar-refractivity contribution >= 4 is 5.97 Å². The zero-order chi connectivity index (χ0) is 27.2. The van der Waals surface area contributed by atoms with Gasteiger partial charge in [-0.2, -0.15) is 5.26 Å².